The van der Waals surface area contributed by atoms with Gasteiger partial charge >= 0.3 is 5.97 Å². The van der Waals surface area contributed by atoms with Gasteiger partial charge in [0.15, 0.2) is 0 Å². The number of thioether (sulfide) groups is 1. The molecule has 0 radical (unpaired) electrons. The van der Waals surface area contributed by atoms with Crippen LogP contribution in [0.3, 0.4) is 0 Å². The van der Waals surface area contributed by atoms with Gasteiger partial charge < -0.3 is 14.6 Å². The molecule has 0 spiro atoms. The van der Waals surface area contributed by atoms with Crippen LogP contribution in [-0.4, -0.2) is 43.8 Å². The van der Waals surface area contributed by atoms with Crippen LogP contribution >= 0.6 is 23.1 Å². The first-order valence-electron chi connectivity index (χ1n) is 5.25. The molecule has 0 atom stereocenters. The zero-order valence-corrected chi connectivity index (χ0v) is 11.3. The van der Waals surface area contributed by atoms with E-state index in [9.17, 15) is 4.79 Å². The van der Waals surface area contributed by atoms with E-state index in [0.29, 0.717) is 18.1 Å². The third-order valence-electron chi connectivity index (χ3n) is 1.92. The molecule has 96 valence electrons. The minimum atomic E-state index is -0.863. The third-order valence-corrected chi connectivity index (χ3v) is 3.93. The fourth-order valence-corrected chi connectivity index (χ4v) is 2.87. The van der Waals surface area contributed by atoms with Crippen molar-refractivity contribution in [2.24, 2.45) is 0 Å². The van der Waals surface area contributed by atoms with E-state index in [1.54, 1.807) is 24.9 Å². The number of ether oxygens (including phenoxy) is 2. The van der Waals surface area contributed by atoms with Crippen molar-refractivity contribution in [3.8, 4) is 0 Å². The van der Waals surface area contributed by atoms with Gasteiger partial charge in [-0.2, -0.15) is 0 Å². The number of methoxy groups -OCH3 is 1. The summed E-state index contributed by atoms with van der Waals surface area (Å²) in [5, 5.41) is 10.6. The maximum Gasteiger partial charge on any atom is 0.345 e. The summed E-state index contributed by atoms with van der Waals surface area (Å²) in [6.45, 7) is 2.10. The summed E-state index contributed by atoms with van der Waals surface area (Å²) >= 11 is 2.87. The summed E-state index contributed by atoms with van der Waals surface area (Å²) in [6, 6.07) is 1.70. The second-order valence-corrected chi connectivity index (χ2v) is 5.34. The second kappa shape index (κ2) is 8.52. The highest BCUT2D eigenvalue weighted by molar-refractivity contribution is 7.99. The average molecular weight is 276 g/mol. The molecule has 1 aromatic rings. The van der Waals surface area contributed by atoms with Gasteiger partial charge in [0.1, 0.15) is 4.88 Å². The van der Waals surface area contributed by atoms with Crippen LogP contribution in [0.15, 0.2) is 16.3 Å². The van der Waals surface area contributed by atoms with Crippen LogP contribution in [0, 0.1) is 0 Å². The minimum Gasteiger partial charge on any atom is -0.477 e. The van der Waals surface area contributed by atoms with Gasteiger partial charge in [-0.05, 0) is 12.5 Å². The normalized spacial score (nSPS) is 10.6. The van der Waals surface area contributed by atoms with E-state index in [1.165, 1.54) is 11.3 Å². The highest BCUT2D eigenvalue weighted by atomic mass is 32.2. The smallest absolute Gasteiger partial charge is 0.345 e. The monoisotopic (exact) mass is 276 g/mol. The molecule has 1 aromatic heterocycles. The van der Waals surface area contributed by atoms with Gasteiger partial charge in [0, 0.05) is 36.4 Å². The van der Waals surface area contributed by atoms with E-state index < -0.39 is 5.97 Å². The molecule has 0 aliphatic heterocycles. The fraction of sp³-hybridized carbons (Fsp3) is 0.545. The Bertz CT molecular complexity index is 338. The highest BCUT2D eigenvalue weighted by Crippen LogP contribution is 2.24. The van der Waals surface area contributed by atoms with Crippen LogP contribution in [0.2, 0.25) is 0 Å². The van der Waals surface area contributed by atoms with E-state index in [-0.39, 0.29) is 0 Å². The van der Waals surface area contributed by atoms with Crippen molar-refractivity contribution < 1.29 is 19.4 Å². The van der Waals surface area contributed by atoms with Crippen molar-refractivity contribution in [2.45, 2.75) is 11.3 Å². The Balaban J connectivity index is 2.07. The molecule has 0 unspecified atom stereocenters. The van der Waals surface area contributed by atoms with Crippen molar-refractivity contribution in [2.75, 3.05) is 32.7 Å². The molecule has 0 aromatic carbocycles. The molecule has 17 heavy (non-hydrogen) atoms. The van der Waals surface area contributed by atoms with Crippen molar-refractivity contribution in [3.63, 3.8) is 0 Å². The van der Waals surface area contributed by atoms with E-state index in [1.807, 2.05) is 5.38 Å². The molecule has 0 amide bonds. The Morgan fingerprint density at radius 1 is 1.47 bits per heavy atom. The minimum absolute atomic E-state index is 0.383. The van der Waals surface area contributed by atoms with E-state index in [0.717, 1.165) is 23.7 Å². The Hall–Kier alpha value is -0.560. The highest BCUT2D eigenvalue weighted by Gasteiger charge is 2.06. The molecule has 0 bridgehead atoms. The van der Waals surface area contributed by atoms with Crippen LogP contribution in [0.1, 0.15) is 16.1 Å². The number of carbonyl (C=O) groups is 1. The summed E-state index contributed by atoms with van der Waals surface area (Å²) in [7, 11) is 1.67. The quantitative estimate of drug-likeness (QED) is 0.555. The second-order valence-electron chi connectivity index (χ2n) is 3.26. The summed E-state index contributed by atoms with van der Waals surface area (Å²) < 4.78 is 10.3. The fourth-order valence-electron chi connectivity index (χ4n) is 1.13. The van der Waals surface area contributed by atoms with Gasteiger partial charge in [0.05, 0.1) is 6.61 Å². The third kappa shape index (κ3) is 6.07. The van der Waals surface area contributed by atoms with Gasteiger partial charge in [-0.25, -0.2) is 4.79 Å². The summed E-state index contributed by atoms with van der Waals surface area (Å²) in [5.74, 6) is -0.0272. The molecule has 1 N–H and O–H groups in total. The lowest BCUT2D eigenvalue weighted by Crippen LogP contribution is -2.01. The van der Waals surface area contributed by atoms with Gasteiger partial charge in [-0.3, -0.25) is 0 Å². The lowest BCUT2D eigenvalue weighted by molar-refractivity contribution is 0.0702. The zero-order valence-electron chi connectivity index (χ0n) is 9.68. The summed E-state index contributed by atoms with van der Waals surface area (Å²) in [5.41, 5.74) is 0. The Morgan fingerprint density at radius 3 is 2.94 bits per heavy atom. The number of aromatic carboxylic acids is 1. The maximum atomic E-state index is 10.7. The molecular formula is C11H16O4S2. The zero-order chi connectivity index (χ0) is 12.5. The molecule has 0 aliphatic carbocycles. The first kappa shape index (κ1) is 14.5. The Morgan fingerprint density at radius 2 is 2.29 bits per heavy atom. The molecule has 1 heterocycles. The molecule has 4 nitrogen and oxygen atoms in total. The maximum absolute atomic E-state index is 10.7. The van der Waals surface area contributed by atoms with Gasteiger partial charge in [-0.1, -0.05) is 0 Å². The van der Waals surface area contributed by atoms with Crippen LogP contribution in [0.4, 0.5) is 0 Å². The lowest BCUT2D eigenvalue weighted by atomic mass is 10.5. The van der Waals surface area contributed by atoms with Gasteiger partial charge in [0.25, 0.3) is 0 Å². The number of carboxylic acids is 1. The molecule has 0 aliphatic rings. The van der Waals surface area contributed by atoms with E-state index in [2.05, 4.69) is 0 Å². The van der Waals surface area contributed by atoms with Crippen molar-refractivity contribution in [3.05, 3.63) is 16.3 Å². The van der Waals surface area contributed by atoms with Crippen molar-refractivity contribution >= 4 is 29.1 Å². The molecule has 6 heteroatoms. The van der Waals surface area contributed by atoms with Crippen molar-refractivity contribution in [1.82, 2.24) is 0 Å². The first-order valence-corrected chi connectivity index (χ1v) is 7.12. The molecule has 1 rings (SSSR count). The van der Waals surface area contributed by atoms with Crippen LogP contribution < -0.4 is 0 Å². The molecular weight excluding hydrogens is 260 g/mol. The number of hydrogen-bond acceptors (Lipinski definition) is 5. The largest absolute Gasteiger partial charge is 0.477 e. The van der Waals surface area contributed by atoms with Gasteiger partial charge in [0.2, 0.25) is 0 Å². The topological polar surface area (TPSA) is 55.8 Å². The Kier molecular flexibility index (Phi) is 7.27. The predicted octanol–water partition coefficient (Wildman–Crippen LogP) is 2.59. The summed E-state index contributed by atoms with van der Waals surface area (Å²) in [6.07, 6.45) is 0.906. The Labute approximate surface area is 109 Å². The van der Waals surface area contributed by atoms with Crippen LogP contribution in [0.25, 0.3) is 0 Å². The standard InChI is InChI=1S/C11H16O4S2/c1-14-3-2-4-15-5-6-16-9-7-10(11(12)13)17-8-9/h7-8H,2-6H2,1H3,(H,12,13). The first-order chi connectivity index (χ1) is 8.24. The van der Waals surface area contributed by atoms with E-state index >= 15 is 0 Å². The number of carboxylic acid groups (broad SMARTS) is 1. The number of hydrogen-bond donors (Lipinski definition) is 1. The molecule has 0 fully saturated rings. The predicted molar refractivity (Wildman–Crippen MR) is 69.3 cm³/mol. The van der Waals surface area contributed by atoms with Crippen LogP contribution in [0.5, 0.6) is 0 Å². The molecule has 0 saturated heterocycles. The number of thiophene rings is 1. The van der Waals surface area contributed by atoms with Crippen molar-refractivity contribution in [1.29, 1.82) is 0 Å². The average Bonchev–Trinajstić information content (AvgIpc) is 2.77. The van der Waals surface area contributed by atoms with Crippen LogP contribution in [-0.2, 0) is 9.47 Å². The van der Waals surface area contributed by atoms with Gasteiger partial charge in [-0.15, -0.1) is 23.1 Å². The molecule has 0 saturated carbocycles. The van der Waals surface area contributed by atoms with E-state index in [4.69, 9.17) is 14.6 Å². The number of rotatable bonds is 9. The SMILES string of the molecule is COCCCOCCSc1csc(C(=O)O)c1. The summed E-state index contributed by atoms with van der Waals surface area (Å²) in [4.78, 5) is 12.0. The lowest BCUT2D eigenvalue weighted by Gasteiger charge is -2.02.